The lowest BCUT2D eigenvalue weighted by molar-refractivity contribution is 0.0858. The molecule has 2 aromatic rings. The molecular formula is C32H49NO4Si2. The van der Waals surface area contributed by atoms with Gasteiger partial charge in [-0.05, 0) is 84.5 Å². The van der Waals surface area contributed by atoms with Gasteiger partial charge in [-0.15, -0.1) is 0 Å². The molecule has 1 heterocycles. The van der Waals surface area contributed by atoms with Crippen LogP contribution in [0.4, 0.5) is 0 Å². The van der Waals surface area contributed by atoms with Crippen LogP contribution < -0.4 is 14.2 Å². The molecule has 1 atom stereocenters. The molecule has 1 N–H and O–H groups in total. The fraction of sp³-hybridized carbons (Fsp3) is 0.531. The molecule has 1 fully saturated rings. The molecule has 1 aliphatic heterocycles. The van der Waals surface area contributed by atoms with Crippen LogP contribution in [0, 0.1) is 0 Å². The summed E-state index contributed by atoms with van der Waals surface area (Å²) in [6.45, 7) is 23.9. The predicted octanol–water partition coefficient (Wildman–Crippen LogP) is 8.53. The number of amides is 1. The van der Waals surface area contributed by atoms with Crippen LogP contribution in [0.15, 0.2) is 42.5 Å². The summed E-state index contributed by atoms with van der Waals surface area (Å²) >= 11 is 0. The van der Waals surface area contributed by atoms with E-state index in [9.17, 15) is 4.79 Å². The van der Waals surface area contributed by atoms with Gasteiger partial charge in [0.1, 0.15) is 11.5 Å². The second kappa shape index (κ2) is 12.0. The smallest absolute Gasteiger partial charge is 0.251 e. The van der Waals surface area contributed by atoms with E-state index in [0.29, 0.717) is 12.1 Å². The zero-order valence-corrected chi connectivity index (χ0v) is 27.7. The summed E-state index contributed by atoms with van der Waals surface area (Å²) < 4.78 is 19.1. The quantitative estimate of drug-likeness (QED) is 0.244. The van der Waals surface area contributed by atoms with Crippen LogP contribution in [0.2, 0.25) is 36.3 Å². The minimum atomic E-state index is -2.08. The van der Waals surface area contributed by atoms with Gasteiger partial charge in [-0.2, -0.15) is 0 Å². The maximum atomic E-state index is 12.5. The average Bonchev–Trinajstić information content (AvgIpc) is 3.35. The fourth-order valence-corrected chi connectivity index (χ4v) is 5.74. The Kier molecular flexibility index (Phi) is 9.61. The third kappa shape index (κ3) is 8.32. The second-order valence-corrected chi connectivity index (χ2v) is 23.2. The maximum absolute atomic E-state index is 12.5. The lowest BCUT2D eigenvalue weighted by atomic mass is 10.1. The van der Waals surface area contributed by atoms with Crippen molar-refractivity contribution in [2.45, 2.75) is 96.8 Å². The highest BCUT2D eigenvalue weighted by molar-refractivity contribution is 6.75. The van der Waals surface area contributed by atoms with Crippen molar-refractivity contribution in [1.82, 2.24) is 5.32 Å². The average molecular weight is 568 g/mol. The van der Waals surface area contributed by atoms with Crippen LogP contribution in [0.5, 0.6) is 11.5 Å². The Morgan fingerprint density at radius 3 is 1.95 bits per heavy atom. The second-order valence-electron chi connectivity index (χ2n) is 13.7. The molecule has 7 heteroatoms. The van der Waals surface area contributed by atoms with Crippen LogP contribution in [0.3, 0.4) is 0 Å². The molecule has 39 heavy (non-hydrogen) atoms. The lowest BCUT2D eigenvalue weighted by Gasteiger charge is -2.39. The van der Waals surface area contributed by atoms with Gasteiger partial charge in [-0.3, -0.25) is 4.79 Å². The number of rotatable bonds is 9. The number of carbonyl (C=O) groups is 1. The minimum Gasteiger partial charge on any atom is -0.541 e. The van der Waals surface area contributed by atoms with Crippen molar-refractivity contribution in [3.05, 3.63) is 59.2 Å². The van der Waals surface area contributed by atoms with Gasteiger partial charge in [0.05, 0.1) is 6.10 Å². The number of nitrogens with one attached hydrogen (secondary N) is 1. The monoisotopic (exact) mass is 567 g/mol. The van der Waals surface area contributed by atoms with Gasteiger partial charge >= 0.3 is 0 Å². The Labute approximate surface area is 238 Å². The van der Waals surface area contributed by atoms with Gasteiger partial charge in [0.2, 0.25) is 0 Å². The maximum Gasteiger partial charge on any atom is 0.251 e. The summed E-state index contributed by atoms with van der Waals surface area (Å²) in [5.74, 6) is 1.60. The van der Waals surface area contributed by atoms with Crippen molar-refractivity contribution in [2.75, 3.05) is 13.2 Å². The molecule has 3 rings (SSSR count). The number of benzene rings is 2. The molecule has 5 nitrogen and oxygen atoms in total. The summed E-state index contributed by atoms with van der Waals surface area (Å²) in [5.41, 5.74) is 2.73. The van der Waals surface area contributed by atoms with E-state index < -0.39 is 16.6 Å². The Hall–Kier alpha value is -2.36. The van der Waals surface area contributed by atoms with Gasteiger partial charge < -0.3 is 18.9 Å². The molecule has 1 saturated heterocycles. The molecule has 214 valence electrons. The van der Waals surface area contributed by atoms with Crippen LogP contribution in [0.25, 0.3) is 12.2 Å². The number of ether oxygens (including phenoxy) is 1. The zero-order valence-electron chi connectivity index (χ0n) is 25.7. The molecule has 0 radical (unpaired) electrons. The van der Waals surface area contributed by atoms with Crippen molar-refractivity contribution in [3.63, 3.8) is 0 Å². The van der Waals surface area contributed by atoms with Crippen molar-refractivity contribution in [3.8, 4) is 11.5 Å². The molecule has 0 saturated carbocycles. The van der Waals surface area contributed by atoms with Gasteiger partial charge in [0.25, 0.3) is 22.5 Å². The summed E-state index contributed by atoms with van der Waals surface area (Å²) in [4.78, 5) is 12.5. The fourth-order valence-electron chi connectivity index (χ4n) is 3.70. The van der Waals surface area contributed by atoms with Crippen molar-refractivity contribution in [2.24, 2.45) is 0 Å². The Morgan fingerprint density at radius 2 is 1.41 bits per heavy atom. The molecule has 2 aromatic carbocycles. The van der Waals surface area contributed by atoms with E-state index in [-0.39, 0.29) is 22.1 Å². The van der Waals surface area contributed by atoms with Gasteiger partial charge in [0.15, 0.2) is 0 Å². The molecular weight excluding hydrogens is 519 g/mol. The van der Waals surface area contributed by atoms with Crippen LogP contribution in [0.1, 0.15) is 75.9 Å². The first kappa shape index (κ1) is 31.2. The topological polar surface area (TPSA) is 56.8 Å². The van der Waals surface area contributed by atoms with E-state index in [1.54, 1.807) is 0 Å². The largest absolute Gasteiger partial charge is 0.541 e. The van der Waals surface area contributed by atoms with E-state index in [2.05, 4.69) is 103 Å². The standard InChI is InChI=1S/C32H49NO4Si2/c1-31(2,3)38(7,8)36-28-20-17-25(22-29(28)37-39(9,10)32(4,5)6)14-13-24-15-18-26(19-16-24)30(34)33-23-27-12-11-21-35-27/h13-20,22,27H,11-12,21,23H2,1-10H3,(H,33,34)/b14-13+. The third-order valence-electron chi connectivity index (χ3n) is 8.47. The molecule has 1 aliphatic rings. The van der Waals surface area contributed by atoms with E-state index in [1.807, 2.05) is 24.3 Å². The van der Waals surface area contributed by atoms with E-state index in [0.717, 1.165) is 42.1 Å². The highest BCUT2D eigenvalue weighted by atomic mass is 28.4. The molecule has 0 aromatic heterocycles. The summed E-state index contributed by atoms with van der Waals surface area (Å²) in [7, 11) is -4.11. The predicted molar refractivity (Wildman–Crippen MR) is 169 cm³/mol. The normalized spacial score (nSPS) is 16.9. The first-order valence-electron chi connectivity index (χ1n) is 14.2. The van der Waals surface area contributed by atoms with E-state index in [1.165, 1.54) is 0 Å². The summed E-state index contributed by atoms with van der Waals surface area (Å²) in [6, 6.07) is 13.9. The SMILES string of the molecule is CC(C)(C)[Si](C)(C)Oc1ccc(/C=C/c2ccc(C(=O)NCC3CCCO3)cc2)cc1O[Si](C)(C)C(C)(C)C. The van der Waals surface area contributed by atoms with Crippen LogP contribution in [-0.2, 0) is 4.74 Å². The van der Waals surface area contributed by atoms with E-state index >= 15 is 0 Å². The number of carbonyl (C=O) groups excluding carboxylic acids is 1. The summed E-state index contributed by atoms with van der Waals surface area (Å²) in [6.07, 6.45) is 6.36. The molecule has 0 aliphatic carbocycles. The number of hydrogen-bond donors (Lipinski definition) is 1. The molecule has 0 bridgehead atoms. The van der Waals surface area contributed by atoms with Gasteiger partial charge in [0, 0.05) is 18.7 Å². The molecule has 1 unspecified atom stereocenters. The first-order chi connectivity index (χ1) is 18.0. The van der Waals surface area contributed by atoms with Gasteiger partial charge in [-0.1, -0.05) is 71.9 Å². The minimum absolute atomic E-state index is 0.0641. The van der Waals surface area contributed by atoms with E-state index in [4.69, 9.17) is 13.6 Å². The van der Waals surface area contributed by atoms with Crippen molar-refractivity contribution < 1.29 is 18.4 Å². The van der Waals surface area contributed by atoms with Crippen molar-refractivity contribution in [1.29, 1.82) is 0 Å². The highest BCUT2D eigenvalue weighted by Crippen LogP contribution is 2.43. The Morgan fingerprint density at radius 1 is 0.872 bits per heavy atom. The van der Waals surface area contributed by atoms with Crippen molar-refractivity contribution >= 4 is 34.7 Å². The third-order valence-corrected chi connectivity index (χ3v) is 17.2. The summed E-state index contributed by atoms with van der Waals surface area (Å²) in [5, 5.41) is 3.15. The van der Waals surface area contributed by atoms with Gasteiger partial charge in [-0.25, -0.2) is 0 Å². The Balaban J connectivity index is 1.79. The molecule has 0 spiro atoms. The van der Waals surface area contributed by atoms with Crippen LogP contribution in [-0.4, -0.2) is 41.8 Å². The highest BCUT2D eigenvalue weighted by Gasteiger charge is 2.42. The lowest BCUT2D eigenvalue weighted by Crippen LogP contribution is -2.45. The van der Waals surface area contributed by atoms with Crippen LogP contribution >= 0.6 is 0 Å². The zero-order chi connectivity index (χ0) is 29.1. The Bertz CT molecular complexity index is 1150. The number of hydrogen-bond acceptors (Lipinski definition) is 4. The molecule has 1 amide bonds. The first-order valence-corrected chi connectivity index (χ1v) is 20.0.